The number of aryl methyl sites for hydroxylation is 1. The third kappa shape index (κ3) is 3.40. The molecule has 0 amide bonds. The summed E-state index contributed by atoms with van der Waals surface area (Å²) >= 11 is 1.20. The average molecular weight is 341 g/mol. The molecule has 0 spiro atoms. The van der Waals surface area contributed by atoms with Gasteiger partial charge in [-0.3, -0.25) is 0 Å². The molecule has 2 aromatic rings. The summed E-state index contributed by atoms with van der Waals surface area (Å²) in [6, 6.07) is 3.45. The molecular formula is C14H19N3O3S2. The second-order valence-electron chi connectivity index (χ2n) is 5.69. The van der Waals surface area contributed by atoms with E-state index in [1.165, 1.54) is 11.3 Å². The fourth-order valence-electron chi connectivity index (χ4n) is 2.49. The van der Waals surface area contributed by atoms with Gasteiger partial charge in [0.25, 0.3) is 0 Å². The Hall–Kier alpha value is -1.22. The van der Waals surface area contributed by atoms with Gasteiger partial charge in [-0.1, -0.05) is 5.16 Å². The highest BCUT2D eigenvalue weighted by Gasteiger charge is 2.25. The number of likely N-dealkylation sites (tertiary alicyclic amines) is 1. The summed E-state index contributed by atoms with van der Waals surface area (Å²) < 4.78 is 33.2. The Morgan fingerprint density at radius 3 is 2.73 bits per heavy atom. The van der Waals surface area contributed by atoms with Gasteiger partial charge < -0.3 is 9.42 Å². The first kappa shape index (κ1) is 15.7. The molecule has 0 atom stereocenters. The van der Waals surface area contributed by atoms with Crippen molar-refractivity contribution in [2.24, 2.45) is 0 Å². The Balaban J connectivity index is 1.74. The van der Waals surface area contributed by atoms with Gasteiger partial charge in [-0.05, 0) is 46.0 Å². The predicted molar refractivity (Wildman–Crippen MR) is 85.4 cm³/mol. The largest absolute Gasteiger partial charge is 0.356 e. The maximum atomic E-state index is 12.5. The second-order valence-corrected chi connectivity index (χ2v) is 8.54. The minimum Gasteiger partial charge on any atom is -0.356 e. The molecule has 0 unspecified atom stereocenters. The molecule has 1 aliphatic heterocycles. The third-order valence-electron chi connectivity index (χ3n) is 3.79. The fourth-order valence-corrected chi connectivity index (χ4v) is 4.98. The van der Waals surface area contributed by atoms with Crippen LogP contribution in [0.5, 0.6) is 0 Å². The summed E-state index contributed by atoms with van der Waals surface area (Å²) in [6.07, 6.45) is 1.69. The molecule has 1 saturated heterocycles. The molecule has 0 aliphatic carbocycles. The topological polar surface area (TPSA) is 75.4 Å². The van der Waals surface area contributed by atoms with Crippen LogP contribution in [0.1, 0.15) is 18.5 Å². The van der Waals surface area contributed by atoms with Crippen molar-refractivity contribution in [2.45, 2.75) is 30.0 Å². The number of aromatic nitrogens is 1. The maximum absolute atomic E-state index is 12.5. The molecule has 2 aromatic heterocycles. The summed E-state index contributed by atoms with van der Waals surface area (Å²) in [4.78, 5) is 2.21. The van der Waals surface area contributed by atoms with E-state index in [1.54, 1.807) is 17.5 Å². The van der Waals surface area contributed by atoms with Gasteiger partial charge in [0.05, 0.1) is 5.69 Å². The van der Waals surface area contributed by atoms with Crippen molar-refractivity contribution in [3.63, 3.8) is 0 Å². The van der Waals surface area contributed by atoms with Gasteiger partial charge in [0, 0.05) is 23.1 Å². The SMILES string of the molecule is Cc1cc(-c2csc(S(=O)(=O)NC3CCN(C)CC3)c2)on1. The number of hydrogen-bond donors (Lipinski definition) is 1. The summed E-state index contributed by atoms with van der Waals surface area (Å²) in [5.41, 5.74) is 1.52. The van der Waals surface area contributed by atoms with Crippen LogP contribution in [0.15, 0.2) is 26.2 Å². The standard InChI is InChI=1S/C14H19N3O3S2/c1-10-7-13(20-15-10)11-8-14(21-9-11)22(18,19)16-12-3-5-17(2)6-4-12/h7-9,12,16H,3-6H2,1-2H3. The van der Waals surface area contributed by atoms with Crippen LogP contribution in [0.2, 0.25) is 0 Å². The van der Waals surface area contributed by atoms with Gasteiger partial charge in [0.2, 0.25) is 10.0 Å². The van der Waals surface area contributed by atoms with Gasteiger partial charge in [-0.2, -0.15) is 0 Å². The molecule has 22 heavy (non-hydrogen) atoms. The van der Waals surface area contributed by atoms with E-state index in [9.17, 15) is 8.42 Å². The van der Waals surface area contributed by atoms with Crippen molar-refractivity contribution in [3.8, 4) is 11.3 Å². The van der Waals surface area contributed by atoms with Crippen LogP contribution < -0.4 is 4.72 Å². The Morgan fingerprint density at radius 1 is 1.36 bits per heavy atom. The Kier molecular flexibility index (Phi) is 4.35. The average Bonchev–Trinajstić information content (AvgIpc) is 3.10. The lowest BCUT2D eigenvalue weighted by molar-refractivity contribution is 0.248. The van der Waals surface area contributed by atoms with Gasteiger partial charge in [-0.25, -0.2) is 13.1 Å². The molecule has 8 heteroatoms. The molecule has 1 fully saturated rings. The lowest BCUT2D eigenvalue weighted by Crippen LogP contribution is -2.43. The van der Waals surface area contributed by atoms with Gasteiger partial charge >= 0.3 is 0 Å². The van der Waals surface area contributed by atoms with E-state index in [0.29, 0.717) is 9.97 Å². The lowest BCUT2D eigenvalue weighted by atomic mass is 10.1. The van der Waals surface area contributed by atoms with E-state index < -0.39 is 10.0 Å². The highest BCUT2D eigenvalue weighted by molar-refractivity contribution is 7.91. The van der Waals surface area contributed by atoms with Crippen LogP contribution in [0, 0.1) is 6.92 Å². The normalized spacial score (nSPS) is 17.9. The van der Waals surface area contributed by atoms with Crippen molar-refractivity contribution in [3.05, 3.63) is 23.2 Å². The zero-order valence-electron chi connectivity index (χ0n) is 12.6. The van der Waals surface area contributed by atoms with E-state index in [4.69, 9.17) is 4.52 Å². The molecule has 120 valence electrons. The zero-order valence-corrected chi connectivity index (χ0v) is 14.2. The van der Waals surface area contributed by atoms with Crippen molar-refractivity contribution in [1.29, 1.82) is 0 Å². The molecule has 0 bridgehead atoms. The minimum absolute atomic E-state index is 0.0132. The summed E-state index contributed by atoms with van der Waals surface area (Å²) in [7, 11) is -1.42. The van der Waals surface area contributed by atoms with Crippen LogP contribution in [0.3, 0.4) is 0 Å². The van der Waals surface area contributed by atoms with Crippen LogP contribution in [-0.2, 0) is 10.0 Å². The van der Waals surface area contributed by atoms with Crippen molar-refractivity contribution in [1.82, 2.24) is 14.8 Å². The Bertz CT molecular complexity index is 743. The second kappa shape index (κ2) is 6.11. The molecule has 1 aliphatic rings. The monoisotopic (exact) mass is 341 g/mol. The van der Waals surface area contributed by atoms with Crippen LogP contribution in [0.25, 0.3) is 11.3 Å². The van der Waals surface area contributed by atoms with Crippen molar-refractivity contribution in [2.75, 3.05) is 20.1 Å². The van der Waals surface area contributed by atoms with Gasteiger partial charge in [-0.15, -0.1) is 11.3 Å². The van der Waals surface area contributed by atoms with E-state index >= 15 is 0 Å². The molecule has 1 N–H and O–H groups in total. The number of thiophene rings is 1. The van der Waals surface area contributed by atoms with E-state index in [1.807, 2.05) is 6.92 Å². The minimum atomic E-state index is -3.47. The Morgan fingerprint density at radius 2 is 2.09 bits per heavy atom. The van der Waals surface area contributed by atoms with E-state index in [-0.39, 0.29) is 6.04 Å². The number of nitrogens with one attached hydrogen (secondary N) is 1. The van der Waals surface area contributed by atoms with E-state index in [2.05, 4.69) is 21.8 Å². The summed E-state index contributed by atoms with van der Waals surface area (Å²) in [5, 5.41) is 5.61. The first-order valence-electron chi connectivity index (χ1n) is 7.17. The van der Waals surface area contributed by atoms with Gasteiger partial charge in [0.15, 0.2) is 5.76 Å². The lowest BCUT2D eigenvalue weighted by Gasteiger charge is -2.29. The summed E-state index contributed by atoms with van der Waals surface area (Å²) in [5.74, 6) is 0.592. The quantitative estimate of drug-likeness (QED) is 0.921. The molecule has 0 saturated carbocycles. The van der Waals surface area contributed by atoms with Crippen LogP contribution in [0.4, 0.5) is 0 Å². The Labute approximate surface area is 134 Å². The first-order valence-corrected chi connectivity index (χ1v) is 9.53. The number of piperidine rings is 1. The highest BCUT2D eigenvalue weighted by Crippen LogP contribution is 2.29. The molecule has 0 radical (unpaired) electrons. The maximum Gasteiger partial charge on any atom is 0.250 e. The number of rotatable bonds is 4. The summed E-state index contributed by atoms with van der Waals surface area (Å²) in [6.45, 7) is 3.67. The smallest absolute Gasteiger partial charge is 0.250 e. The first-order chi connectivity index (χ1) is 10.4. The molecule has 0 aromatic carbocycles. The van der Waals surface area contributed by atoms with Crippen LogP contribution >= 0.6 is 11.3 Å². The number of hydrogen-bond acceptors (Lipinski definition) is 6. The van der Waals surface area contributed by atoms with Gasteiger partial charge in [0.1, 0.15) is 4.21 Å². The molecule has 3 rings (SSSR count). The number of nitrogens with zero attached hydrogens (tertiary/aromatic N) is 2. The van der Waals surface area contributed by atoms with Crippen molar-refractivity contribution < 1.29 is 12.9 Å². The van der Waals surface area contributed by atoms with E-state index in [0.717, 1.165) is 37.2 Å². The fraction of sp³-hybridized carbons (Fsp3) is 0.500. The highest BCUT2D eigenvalue weighted by atomic mass is 32.2. The molecule has 3 heterocycles. The molecule has 6 nitrogen and oxygen atoms in total. The number of sulfonamides is 1. The van der Waals surface area contributed by atoms with Crippen molar-refractivity contribution >= 4 is 21.4 Å². The van der Waals surface area contributed by atoms with Crippen LogP contribution in [-0.4, -0.2) is 44.7 Å². The third-order valence-corrected chi connectivity index (χ3v) is 6.75. The zero-order chi connectivity index (χ0) is 15.7. The molecular weight excluding hydrogens is 322 g/mol. The predicted octanol–water partition coefficient (Wildman–Crippen LogP) is 2.08.